The van der Waals surface area contributed by atoms with Gasteiger partial charge < -0.3 is 11.5 Å². The molecule has 8 heteroatoms. The molecule has 0 aliphatic rings. The molecule has 0 spiro atoms. The highest BCUT2D eigenvalue weighted by Crippen LogP contribution is 2.35. The van der Waals surface area contributed by atoms with Gasteiger partial charge in [0.25, 0.3) is 0 Å². The van der Waals surface area contributed by atoms with Crippen molar-refractivity contribution in [3.8, 4) is 11.1 Å². The second kappa shape index (κ2) is 8.12. The van der Waals surface area contributed by atoms with E-state index in [9.17, 15) is 13.2 Å². The number of pyridine rings is 1. The Morgan fingerprint density at radius 1 is 0.962 bits per heavy atom. The monoisotopic (exact) mass is 403 g/mol. The SMILES string of the molecule is Cc1cc(N)nc2cc(-c3ccc(C(F)(F)F)c(CN)c3)ccc12.Cl.Cl. The van der Waals surface area contributed by atoms with Crippen LogP contribution in [0, 0.1) is 6.92 Å². The highest BCUT2D eigenvalue weighted by atomic mass is 35.5. The summed E-state index contributed by atoms with van der Waals surface area (Å²) in [6.45, 7) is 1.76. The molecular formula is C18H18Cl2F3N3. The van der Waals surface area contributed by atoms with Gasteiger partial charge in [-0.25, -0.2) is 4.98 Å². The maximum absolute atomic E-state index is 13.0. The van der Waals surface area contributed by atoms with E-state index >= 15 is 0 Å². The maximum Gasteiger partial charge on any atom is 0.416 e. The topological polar surface area (TPSA) is 64.9 Å². The third kappa shape index (κ3) is 4.20. The molecule has 0 aliphatic heterocycles. The van der Waals surface area contributed by atoms with Crippen molar-refractivity contribution in [2.45, 2.75) is 19.6 Å². The van der Waals surface area contributed by atoms with Crippen LogP contribution >= 0.6 is 24.8 Å². The van der Waals surface area contributed by atoms with Crippen LogP contribution in [0.2, 0.25) is 0 Å². The van der Waals surface area contributed by atoms with Gasteiger partial charge in [-0.15, -0.1) is 24.8 Å². The van der Waals surface area contributed by atoms with Gasteiger partial charge in [-0.3, -0.25) is 0 Å². The van der Waals surface area contributed by atoms with Gasteiger partial charge in [0.1, 0.15) is 5.82 Å². The molecule has 2 aromatic carbocycles. The zero-order valence-electron chi connectivity index (χ0n) is 13.8. The van der Waals surface area contributed by atoms with Gasteiger partial charge in [-0.2, -0.15) is 13.2 Å². The summed E-state index contributed by atoms with van der Waals surface area (Å²) in [5.41, 5.74) is 13.8. The number of fused-ring (bicyclic) bond motifs is 1. The molecule has 0 atom stereocenters. The Labute approximate surface area is 161 Å². The van der Waals surface area contributed by atoms with Crippen LogP contribution in [0.1, 0.15) is 16.7 Å². The molecule has 0 amide bonds. The van der Waals surface area contributed by atoms with Crippen molar-refractivity contribution in [3.63, 3.8) is 0 Å². The molecule has 3 rings (SSSR count). The van der Waals surface area contributed by atoms with Gasteiger partial charge in [0.05, 0.1) is 11.1 Å². The highest BCUT2D eigenvalue weighted by molar-refractivity contribution is 5.88. The molecule has 3 aromatic rings. The van der Waals surface area contributed by atoms with Gasteiger partial charge in [0.2, 0.25) is 0 Å². The van der Waals surface area contributed by atoms with E-state index in [2.05, 4.69) is 4.98 Å². The van der Waals surface area contributed by atoms with Crippen LogP contribution in [0.3, 0.4) is 0 Å². The number of nitrogens with zero attached hydrogens (tertiary/aromatic N) is 1. The number of alkyl halides is 3. The second-order valence-electron chi connectivity index (χ2n) is 5.67. The van der Waals surface area contributed by atoms with Gasteiger partial charge in [-0.1, -0.05) is 18.2 Å². The van der Waals surface area contributed by atoms with Gasteiger partial charge in [0.15, 0.2) is 0 Å². The Hall–Kier alpha value is -2.02. The first-order chi connectivity index (χ1) is 11.3. The van der Waals surface area contributed by atoms with E-state index in [0.717, 1.165) is 22.6 Å². The minimum atomic E-state index is -4.41. The highest BCUT2D eigenvalue weighted by Gasteiger charge is 2.32. The molecule has 0 bridgehead atoms. The summed E-state index contributed by atoms with van der Waals surface area (Å²) in [6, 6.07) is 11.3. The number of halogens is 5. The number of nitrogens with two attached hydrogens (primary N) is 2. The number of anilines is 1. The fraction of sp³-hybridized carbons (Fsp3) is 0.167. The molecule has 0 radical (unpaired) electrons. The quantitative estimate of drug-likeness (QED) is 0.624. The van der Waals surface area contributed by atoms with Crippen molar-refractivity contribution in [1.82, 2.24) is 4.98 Å². The number of aryl methyl sites for hydroxylation is 1. The first-order valence-corrected chi connectivity index (χ1v) is 7.37. The fourth-order valence-electron chi connectivity index (χ4n) is 2.83. The summed E-state index contributed by atoms with van der Waals surface area (Å²) in [5, 5.41) is 0.957. The molecule has 1 heterocycles. The smallest absolute Gasteiger partial charge is 0.384 e. The molecule has 0 saturated heterocycles. The molecule has 1 aromatic heterocycles. The van der Waals surface area contributed by atoms with E-state index in [1.54, 1.807) is 6.07 Å². The average molecular weight is 404 g/mol. The van der Waals surface area contributed by atoms with Gasteiger partial charge >= 0.3 is 6.18 Å². The molecule has 4 N–H and O–H groups in total. The largest absolute Gasteiger partial charge is 0.416 e. The zero-order valence-corrected chi connectivity index (χ0v) is 15.4. The summed E-state index contributed by atoms with van der Waals surface area (Å²) in [4.78, 5) is 4.30. The number of benzene rings is 2. The Kier molecular flexibility index (Phi) is 6.88. The Bertz CT molecular complexity index is 927. The van der Waals surface area contributed by atoms with Crippen LogP contribution in [-0.2, 0) is 12.7 Å². The van der Waals surface area contributed by atoms with Gasteiger partial charge in [0, 0.05) is 11.9 Å². The Morgan fingerprint density at radius 2 is 1.58 bits per heavy atom. The van der Waals surface area contributed by atoms with Gasteiger partial charge in [-0.05, 0) is 53.4 Å². The molecule has 0 saturated carbocycles. The summed E-state index contributed by atoms with van der Waals surface area (Å²) in [6.07, 6.45) is -4.41. The Balaban J connectivity index is 0.00000169. The van der Waals surface area contributed by atoms with E-state index in [1.165, 1.54) is 12.1 Å². The summed E-state index contributed by atoms with van der Waals surface area (Å²) < 4.78 is 39.0. The van der Waals surface area contributed by atoms with E-state index < -0.39 is 11.7 Å². The van der Waals surface area contributed by atoms with E-state index in [4.69, 9.17) is 11.5 Å². The van der Waals surface area contributed by atoms with E-state index in [0.29, 0.717) is 16.9 Å². The number of aromatic nitrogens is 1. The number of rotatable bonds is 2. The lowest BCUT2D eigenvalue weighted by Crippen LogP contribution is -2.11. The minimum Gasteiger partial charge on any atom is -0.384 e. The standard InChI is InChI=1S/C18H16F3N3.2ClH/c1-10-6-17(23)24-16-8-12(2-4-14(10)16)11-3-5-15(18(19,20)21)13(7-11)9-22;;/h2-8H,9,22H2,1H3,(H2,23,24);2*1H. The van der Waals surface area contributed by atoms with Crippen LogP contribution in [-0.4, -0.2) is 4.98 Å². The van der Waals surface area contributed by atoms with Crippen molar-refractivity contribution in [3.05, 3.63) is 59.2 Å². The number of hydrogen-bond donors (Lipinski definition) is 2. The summed E-state index contributed by atoms with van der Waals surface area (Å²) in [5.74, 6) is 0.409. The van der Waals surface area contributed by atoms with Crippen LogP contribution in [0.5, 0.6) is 0 Å². The molecular weight excluding hydrogens is 386 g/mol. The summed E-state index contributed by atoms with van der Waals surface area (Å²) in [7, 11) is 0. The lowest BCUT2D eigenvalue weighted by molar-refractivity contribution is -0.138. The lowest BCUT2D eigenvalue weighted by Gasteiger charge is -2.14. The van der Waals surface area contributed by atoms with Crippen molar-refractivity contribution < 1.29 is 13.2 Å². The summed E-state index contributed by atoms with van der Waals surface area (Å²) >= 11 is 0. The molecule has 0 unspecified atom stereocenters. The predicted octanol–water partition coefficient (Wildman–Crippen LogP) is 5.11. The molecule has 0 aliphatic carbocycles. The lowest BCUT2D eigenvalue weighted by atomic mass is 9.97. The first kappa shape index (κ1) is 22.0. The second-order valence-corrected chi connectivity index (χ2v) is 5.67. The van der Waals surface area contributed by atoms with Crippen LogP contribution in [0.4, 0.5) is 19.0 Å². The van der Waals surface area contributed by atoms with Crippen molar-refractivity contribution >= 4 is 41.5 Å². The third-order valence-corrected chi connectivity index (χ3v) is 4.00. The van der Waals surface area contributed by atoms with Crippen LogP contribution in [0.25, 0.3) is 22.0 Å². The molecule has 26 heavy (non-hydrogen) atoms. The minimum absolute atomic E-state index is 0. The zero-order chi connectivity index (χ0) is 17.5. The number of nitrogen functional groups attached to an aromatic ring is 1. The fourth-order valence-corrected chi connectivity index (χ4v) is 2.83. The predicted molar refractivity (Wildman–Crippen MR) is 104 cm³/mol. The Morgan fingerprint density at radius 3 is 2.19 bits per heavy atom. The van der Waals surface area contributed by atoms with Crippen molar-refractivity contribution in [2.75, 3.05) is 5.73 Å². The number of hydrogen-bond acceptors (Lipinski definition) is 3. The first-order valence-electron chi connectivity index (χ1n) is 7.37. The molecule has 3 nitrogen and oxygen atoms in total. The molecule has 140 valence electrons. The van der Waals surface area contributed by atoms with Crippen LogP contribution < -0.4 is 11.5 Å². The van der Waals surface area contributed by atoms with Crippen LogP contribution in [0.15, 0.2) is 42.5 Å². The molecule has 0 fully saturated rings. The maximum atomic E-state index is 13.0. The van der Waals surface area contributed by atoms with Crippen molar-refractivity contribution in [1.29, 1.82) is 0 Å². The van der Waals surface area contributed by atoms with E-state index in [1.807, 2.05) is 25.1 Å². The normalized spacial score (nSPS) is 11.0. The van der Waals surface area contributed by atoms with E-state index in [-0.39, 0.29) is 36.9 Å². The average Bonchev–Trinajstić information content (AvgIpc) is 2.52. The third-order valence-electron chi connectivity index (χ3n) is 4.00. The van der Waals surface area contributed by atoms with Crippen molar-refractivity contribution in [2.24, 2.45) is 5.73 Å².